The minimum atomic E-state index is -0.441. The van der Waals surface area contributed by atoms with E-state index in [0.29, 0.717) is 36.0 Å². The molecule has 0 bridgehead atoms. The summed E-state index contributed by atoms with van der Waals surface area (Å²) in [5, 5.41) is 9.92. The van der Waals surface area contributed by atoms with E-state index in [0.717, 1.165) is 5.56 Å². The monoisotopic (exact) mass is 398 g/mol. The Bertz CT molecular complexity index is 1000. The summed E-state index contributed by atoms with van der Waals surface area (Å²) in [6.07, 6.45) is 4.94. The molecule has 0 radical (unpaired) electrons. The highest BCUT2D eigenvalue weighted by Crippen LogP contribution is 2.27. The number of rotatable bonds is 8. The Kier molecular flexibility index (Phi) is 6.38. The van der Waals surface area contributed by atoms with Crippen LogP contribution >= 0.6 is 0 Å². The largest absolute Gasteiger partial charge is 0.491 e. The van der Waals surface area contributed by atoms with Gasteiger partial charge in [-0.25, -0.2) is 14.4 Å². The molecule has 9 heteroatoms. The van der Waals surface area contributed by atoms with Crippen LogP contribution in [0.25, 0.3) is 11.3 Å². The average Bonchev–Trinajstić information content (AvgIpc) is 3.12. The first-order valence-electron chi connectivity index (χ1n) is 9.32. The van der Waals surface area contributed by atoms with Crippen molar-refractivity contribution in [1.82, 2.24) is 25.1 Å². The van der Waals surface area contributed by atoms with Crippen LogP contribution in [-0.2, 0) is 11.3 Å². The lowest BCUT2D eigenvalue weighted by molar-refractivity contribution is -0.121. The number of halogens is 1. The number of hydrogen-bond donors (Lipinski definition) is 2. The number of ether oxygens (including phenoxy) is 1. The van der Waals surface area contributed by atoms with E-state index >= 15 is 0 Å². The number of carbonyl (C=O) groups excluding carboxylic acids is 1. The van der Waals surface area contributed by atoms with Crippen LogP contribution in [0.3, 0.4) is 0 Å². The fourth-order valence-electron chi connectivity index (χ4n) is 2.76. The number of carbonyl (C=O) groups is 1. The summed E-state index contributed by atoms with van der Waals surface area (Å²) in [6, 6.07) is 4.75. The summed E-state index contributed by atoms with van der Waals surface area (Å²) < 4.78 is 21.0. The van der Waals surface area contributed by atoms with Crippen LogP contribution in [0.5, 0.6) is 5.75 Å². The van der Waals surface area contributed by atoms with Gasteiger partial charge in [0, 0.05) is 24.5 Å². The molecule has 0 saturated carbocycles. The highest BCUT2D eigenvalue weighted by atomic mass is 19.1. The van der Waals surface area contributed by atoms with Crippen molar-refractivity contribution in [2.45, 2.75) is 27.3 Å². The van der Waals surface area contributed by atoms with Crippen molar-refractivity contribution in [3.8, 4) is 17.0 Å². The Morgan fingerprint density at radius 3 is 2.83 bits per heavy atom. The number of amides is 1. The smallest absolute Gasteiger partial charge is 0.241 e. The number of aryl methyl sites for hydroxylation is 1. The molecular formula is C20H23FN6O2. The van der Waals surface area contributed by atoms with Crippen LogP contribution in [-0.4, -0.2) is 38.8 Å². The Morgan fingerprint density at radius 2 is 2.10 bits per heavy atom. The van der Waals surface area contributed by atoms with E-state index in [1.165, 1.54) is 10.7 Å². The highest BCUT2D eigenvalue weighted by molar-refractivity contribution is 5.75. The van der Waals surface area contributed by atoms with E-state index < -0.39 is 5.82 Å². The minimum absolute atomic E-state index is 0.117. The van der Waals surface area contributed by atoms with Gasteiger partial charge in [0.1, 0.15) is 6.54 Å². The van der Waals surface area contributed by atoms with Crippen molar-refractivity contribution in [3.05, 3.63) is 48.2 Å². The maximum Gasteiger partial charge on any atom is 0.241 e. The zero-order valence-corrected chi connectivity index (χ0v) is 16.6. The predicted octanol–water partition coefficient (Wildman–Crippen LogP) is 3.07. The number of nitrogens with zero attached hydrogens (tertiary/aromatic N) is 4. The molecule has 0 fully saturated rings. The molecule has 1 amide bonds. The first-order valence-corrected chi connectivity index (χ1v) is 9.32. The van der Waals surface area contributed by atoms with Gasteiger partial charge < -0.3 is 15.4 Å². The van der Waals surface area contributed by atoms with Crippen molar-refractivity contribution in [2.75, 3.05) is 18.5 Å². The third kappa shape index (κ3) is 5.07. The van der Waals surface area contributed by atoms with Crippen molar-refractivity contribution in [2.24, 2.45) is 0 Å². The Balaban J connectivity index is 1.78. The predicted molar refractivity (Wildman–Crippen MR) is 108 cm³/mol. The summed E-state index contributed by atoms with van der Waals surface area (Å²) in [6.45, 7) is 6.61. The maximum atomic E-state index is 14.2. The molecule has 152 valence electrons. The second kappa shape index (κ2) is 9.13. The van der Waals surface area contributed by atoms with Gasteiger partial charge in [-0.05, 0) is 44.5 Å². The number of benzene rings is 1. The molecule has 0 spiro atoms. The van der Waals surface area contributed by atoms with Crippen LogP contribution in [0.15, 0.2) is 36.8 Å². The van der Waals surface area contributed by atoms with Crippen molar-refractivity contribution in [3.63, 3.8) is 0 Å². The van der Waals surface area contributed by atoms with E-state index in [1.807, 2.05) is 13.8 Å². The third-order valence-electron chi connectivity index (χ3n) is 4.05. The van der Waals surface area contributed by atoms with E-state index in [1.54, 1.807) is 37.6 Å². The zero-order valence-electron chi connectivity index (χ0n) is 16.6. The van der Waals surface area contributed by atoms with Gasteiger partial charge in [0.15, 0.2) is 11.6 Å². The molecule has 2 heterocycles. The standard InChI is InChI=1S/C20H23FN6O2/c1-4-22-18(28)12-27-11-15(10-24-27)25-20-23-9-13(3)19(26-20)14-6-7-17(29-5-2)16(21)8-14/h6-11H,4-5,12H2,1-3H3,(H,22,28)(H,23,25,26). The van der Waals surface area contributed by atoms with Crippen molar-refractivity contribution >= 4 is 17.5 Å². The van der Waals surface area contributed by atoms with Crippen molar-refractivity contribution in [1.29, 1.82) is 0 Å². The normalized spacial score (nSPS) is 10.6. The molecule has 8 nitrogen and oxygen atoms in total. The lowest BCUT2D eigenvalue weighted by atomic mass is 10.1. The first kappa shape index (κ1) is 20.2. The third-order valence-corrected chi connectivity index (χ3v) is 4.05. The van der Waals surface area contributed by atoms with Crippen LogP contribution < -0.4 is 15.4 Å². The van der Waals surface area contributed by atoms with Gasteiger partial charge in [0.2, 0.25) is 11.9 Å². The summed E-state index contributed by atoms with van der Waals surface area (Å²) >= 11 is 0. The zero-order chi connectivity index (χ0) is 20.8. The molecule has 2 N–H and O–H groups in total. The van der Waals surface area contributed by atoms with Gasteiger partial charge >= 0.3 is 0 Å². The Labute approximate surface area is 168 Å². The number of aromatic nitrogens is 4. The van der Waals surface area contributed by atoms with Crippen LogP contribution in [0.2, 0.25) is 0 Å². The summed E-state index contributed by atoms with van der Waals surface area (Å²) in [5.74, 6) is -0.00432. The average molecular weight is 398 g/mol. The fourth-order valence-corrected chi connectivity index (χ4v) is 2.76. The highest BCUT2D eigenvalue weighted by Gasteiger charge is 2.12. The topological polar surface area (TPSA) is 94.0 Å². The Morgan fingerprint density at radius 1 is 1.28 bits per heavy atom. The molecule has 2 aromatic heterocycles. The molecule has 1 aromatic carbocycles. The molecule has 0 saturated heterocycles. The number of hydrogen-bond acceptors (Lipinski definition) is 6. The first-order chi connectivity index (χ1) is 14.0. The van der Waals surface area contributed by atoms with Gasteiger partial charge in [-0.1, -0.05) is 0 Å². The molecule has 0 aliphatic carbocycles. The molecule has 0 aliphatic heterocycles. The number of anilines is 2. The van der Waals surface area contributed by atoms with E-state index in [2.05, 4.69) is 25.7 Å². The summed E-state index contributed by atoms with van der Waals surface area (Å²) in [7, 11) is 0. The van der Waals surface area contributed by atoms with E-state index in [9.17, 15) is 9.18 Å². The van der Waals surface area contributed by atoms with Gasteiger partial charge in [-0.3, -0.25) is 9.48 Å². The number of nitrogens with one attached hydrogen (secondary N) is 2. The van der Waals surface area contributed by atoms with Crippen LogP contribution in [0, 0.1) is 12.7 Å². The summed E-state index contributed by atoms with van der Waals surface area (Å²) in [4.78, 5) is 20.4. The second-order valence-electron chi connectivity index (χ2n) is 6.31. The lowest BCUT2D eigenvalue weighted by Gasteiger charge is -2.10. The maximum absolute atomic E-state index is 14.2. The molecular weight excluding hydrogens is 375 g/mol. The van der Waals surface area contributed by atoms with Gasteiger partial charge in [0.05, 0.1) is 24.2 Å². The van der Waals surface area contributed by atoms with Gasteiger partial charge in [-0.2, -0.15) is 5.10 Å². The van der Waals surface area contributed by atoms with Crippen LogP contribution in [0.1, 0.15) is 19.4 Å². The molecule has 0 unspecified atom stereocenters. The second-order valence-corrected chi connectivity index (χ2v) is 6.31. The molecule has 3 rings (SSSR count). The van der Waals surface area contributed by atoms with E-state index in [-0.39, 0.29) is 18.2 Å². The number of likely N-dealkylation sites (N-methyl/N-ethyl adjacent to an activating group) is 1. The molecule has 0 atom stereocenters. The SMILES string of the molecule is CCNC(=O)Cn1cc(Nc2ncc(C)c(-c3ccc(OCC)c(F)c3)n2)cn1. The van der Waals surface area contributed by atoms with Crippen molar-refractivity contribution < 1.29 is 13.9 Å². The molecule has 3 aromatic rings. The minimum Gasteiger partial charge on any atom is -0.491 e. The fraction of sp³-hybridized carbons (Fsp3) is 0.300. The quantitative estimate of drug-likeness (QED) is 0.606. The van der Waals surface area contributed by atoms with E-state index in [4.69, 9.17) is 4.74 Å². The lowest BCUT2D eigenvalue weighted by Crippen LogP contribution is -2.27. The molecule has 0 aliphatic rings. The summed E-state index contributed by atoms with van der Waals surface area (Å²) in [5.41, 5.74) is 2.69. The van der Waals surface area contributed by atoms with Gasteiger partial charge in [-0.15, -0.1) is 0 Å². The Hall–Kier alpha value is -3.49. The molecule has 29 heavy (non-hydrogen) atoms. The van der Waals surface area contributed by atoms with Gasteiger partial charge in [0.25, 0.3) is 0 Å². The van der Waals surface area contributed by atoms with Crippen LogP contribution in [0.4, 0.5) is 16.0 Å².